The van der Waals surface area contributed by atoms with Crippen LogP contribution in [0.1, 0.15) is 0 Å². The second-order valence-corrected chi connectivity index (χ2v) is 6.14. The lowest BCUT2D eigenvalue weighted by Crippen LogP contribution is -2.42. The van der Waals surface area contributed by atoms with E-state index in [0.717, 1.165) is 0 Å². The molecule has 1 unspecified atom stereocenters. The smallest absolute Gasteiger partial charge is 0.233 e. The van der Waals surface area contributed by atoms with Gasteiger partial charge in [-0.05, 0) is 6.07 Å². The van der Waals surface area contributed by atoms with E-state index in [1.165, 1.54) is 17.5 Å². The van der Waals surface area contributed by atoms with Crippen molar-refractivity contribution >= 4 is 23.6 Å². The number of aliphatic hydroxyl groups is 1. The lowest BCUT2D eigenvalue weighted by Gasteiger charge is -2.07. The van der Waals surface area contributed by atoms with Crippen molar-refractivity contribution in [3.05, 3.63) is 30.5 Å². The summed E-state index contributed by atoms with van der Waals surface area (Å²) in [5.74, 6) is 0. The molecule has 0 spiro atoms. The molecule has 0 saturated heterocycles. The summed E-state index contributed by atoms with van der Waals surface area (Å²) in [7, 11) is -3.36. The molecule has 0 aliphatic rings. The van der Waals surface area contributed by atoms with Crippen LogP contribution in [0.3, 0.4) is 0 Å². The number of nitrogens with zero attached hydrogens (tertiary/aromatic N) is 2. The van der Waals surface area contributed by atoms with E-state index in [1.54, 1.807) is 18.2 Å². The Bertz CT molecular complexity index is 594. The number of benzene rings is 1. The van der Waals surface area contributed by atoms with Gasteiger partial charge in [0, 0.05) is 17.1 Å². The predicted octanol–water partition coefficient (Wildman–Crippen LogP) is 0.0401. The van der Waals surface area contributed by atoms with Crippen molar-refractivity contribution in [1.29, 1.82) is 0 Å². The number of hydrogen-bond acceptors (Lipinski definition) is 3. The van der Waals surface area contributed by atoms with Crippen LogP contribution in [0.5, 0.6) is 0 Å². The Hall–Kier alpha value is -1.29. The molecular weight excluding hydrogens is 239 g/mol. The van der Waals surface area contributed by atoms with Crippen molar-refractivity contribution in [2.24, 2.45) is 0 Å². The fourth-order valence-electron chi connectivity index (χ4n) is 1.70. The van der Waals surface area contributed by atoms with Gasteiger partial charge in [0.15, 0.2) is 6.54 Å². The summed E-state index contributed by atoms with van der Waals surface area (Å²) in [6, 6.07) is 7.18. The summed E-state index contributed by atoms with van der Waals surface area (Å²) in [4.78, 5) is 9.73. The topological polar surface area (TPSA) is 74.3 Å². The molecule has 2 aromatic rings. The summed E-state index contributed by atoms with van der Waals surface area (Å²) < 4.78 is 13.3. The molecule has 1 atom stereocenters. The molecule has 0 aliphatic heterocycles. The molecular formula is C11H14N2O3P+. The first-order chi connectivity index (χ1) is 8.02. The molecule has 2 rings (SSSR count). The number of fused-ring (bicyclic) bond motifs is 1. The Morgan fingerprint density at radius 1 is 1.41 bits per heavy atom. The molecule has 1 aromatic carbocycles. The number of aliphatic hydroxyl groups excluding tert-OH is 1. The normalized spacial score (nSPS) is 14.8. The highest BCUT2D eigenvalue weighted by molar-refractivity contribution is 7.65. The van der Waals surface area contributed by atoms with Crippen LogP contribution in [-0.4, -0.2) is 28.4 Å². The minimum absolute atomic E-state index is 0.0606. The lowest BCUT2D eigenvalue weighted by molar-refractivity contribution is -0.751. The molecule has 6 heteroatoms. The Kier molecular flexibility index (Phi) is 3.24. The zero-order valence-electron chi connectivity index (χ0n) is 9.45. The second kappa shape index (κ2) is 4.53. The van der Waals surface area contributed by atoms with E-state index in [9.17, 15) is 9.46 Å². The molecule has 0 amide bonds. The lowest BCUT2D eigenvalue weighted by atomic mass is 10.2. The van der Waals surface area contributed by atoms with Gasteiger partial charge >= 0.3 is 0 Å². The van der Waals surface area contributed by atoms with E-state index in [1.807, 2.05) is 6.07 Å². The van der Waals surface area contributed by atoms with Crippen LogP contribution >= 0.6 is 7.37 Å². The van der Waals surface area contributed by atoms with E-state index in [-0.39, 0.29) is 6.61 Å². The molecule has 17 heavy (non-hydrogen) atoms. The van der Waals surface area contributed by atoms with Crippen LogP contribution in [0.2, 0.25) is 0 Å². The van der Waals surface area contributed by atoms with Crippen LogP contribution in [0.4, 0.5) is 0 Å². The van der Waals surface area contributed by atoms with Gasteiger partial charge in [-0.15, -0.1) is 0 Å². The fraction of sp³-hybridized carbons (Fsp3) is 0.273. The molecule has 5 nitrogen and oxygen atoms in total. The van der Waals surface area contributed by atoms with Gasteiger partial charge in [0.2, 0.25) is 13.6 Å². The highest BCUT2D eigenvalue weighted by Crippen LogP contribution is 2.35. The van der Waals surface area contributed by atoms with Gasteiger partial charge in [-0.2, -0.15) is 0 Å². The maximum absolute atomic E-state index is 11.8. The van der Waals surface area contributed by atoms with E-state index in [2.05, 4.69) is 5.10 Å². The Morgan fingerprint density at radius 2 is 2.12 bits per heavy atom. The minimum atomic E-state index is -3.36. The first kappa shape index (κ1) is 12.2. The Labute approximate surface area is 98.8 Å². The molecule has 0 fully saturated rings. The summed E-state index contributed by atoms with van der Waals surface area (Å²) >= 11 is 0. The molecule has 1 heterocycles. The summed E-state index contributed by atoms with van der Waals surface area (Å²) in [5, 5.41) is 14.2. The van der Waals surface area contributed by atoms with Gasteiger partial charge in [-0.1, -0.05) is 22.9 Å². The van der Waals surface area contributed by atoms with Crippen LogP contribution < -0.4 is 9.99 Å². The Balaban J connectivity index is 2.74. The largest absolute Gasteiger partial charge is 0.390 e. The van der Waals surface area contributed by atoms with Crippen molar-refractivity contribution in [3.8, 4) is 0 Å². The summed E-state index contributed by atoms with van der Waals surface area (Å²) in [5.41, 5.74) is 0.648. The van der Waals surface area contributed by atoms with Crippen molar-refractivity contribution in [2.45, 2.75) is 6.54 Å². The summed E-state index contributed by atoms with van der Waals surface area (Å²) in [6.45, 7) is 1.55. The average Bonchev–Trinajstić information content (AvgIpc) is 2.27. The molecule has 90 valence electrons. The first-order valence-corrected chi connectivity index (χ1v) is 7.34. The standard InChI is InChI=1S/C11H13N2O3P/c1-17(15,16)11-8-13(6-7-14)12-10-5-3-2-4-9(10)11/h2-5,8,14H,6-7H2,1H3/p+1. The highest BCUT2D eigenvalue weighted by atomic mass is 31.2. The zero-order valence-corrected chi connectivity index (χ0v) is 10.3. The third-order valence-electron chi connectivity index (χ3n) is 2.46. The van der Waals surface area contributed by atoms with Gasteiger partial charge in [0.25, 0.3) is 0 Å². The monoisotopic (exact) mass is 253 g/mol. The maximum Gasteiger partial charge on any atom is 0.233 e. The molecule has 1 aromatic heterocycles. The highest BCUT2D eigenvalue weighted by Gasteiger charge is 2.23. The fourth-order valence-corrected chi connectivity index (χ4v) is 2.69. The maximum atomic E-state index is 11.8. The van der Waals surface area contributed by atoms with Gasteiger partial charge in [0.1, 0.15) is 17.4 Å². The van der Waals surface area contributed by atoms with Crippen molar-refractivity contribution in [1.82, 2.24) is 5.10 Å². The van der Waals surface area contributed by atoms with Crippen molar-refractivity contribution in [2.75, 3.05) is 13.3 Å². The summed E-state index contributed by atoms with van der Waals surface area (Å²) in [6.07, 6.45) is 1.53. The predicted molar refractivity (Wildman–Crippen MR) is 64.4 cm³/mol. The third-order valence-corrected chi connectivity index (χ3v) is 3.71. The molecule has 0 radical (unpaired) electrons. The number of hydrogen-bond donors (Lipinski definition) is 2. The van der Waals surface area contributed by atoms with Gasteiger partial charge in [-0.3, -0.25) is 4.57 Å². The first-order valence-electron chi connectivity index (χ1n) is 5.23. The quantitative estimate of drug-likeness (QED) is 0.598. The van der Waals surface area contributed by atoms with E-state index in [0.29, 0.717) is 22.8 Å². The molecule has 0 saturated carbocycles. The molecule has 0 bridgehead atoms. The Morgan fingerprint density at radius 3 is 2.76 bits per heavy atom. The van der Waals surface area contributed by atoms with Gasteiger partial charge in [-0.25, -0.2) is 0 Å². The van der Waals surface area contributed by atoms with Crippen LogP contribution in [0.25, 0.3) is 10.9 Å². The zero-order chi connectivity index (χ0) is 12.5. The molecule has 2 N–H and O–H groups in total. The van der Waals surface area contributed by atoms with E-state index < -0.39 is 7.37 Å². The number of aromatic nitrogens is 2. The van der Waals surface area contributed by atoms with E-state index >= 15 is 0 Å². The number of rotatable bonds is 3. The molecule has 0 aliphatic carbocycles. The van der Waals surface area contributed by atoms with Gasteiger partial charge < -0.3 is 10.00 Å². The van der Waals surface area contributed by atoms with E-state index in [4.69, 9.17) is 5.11 Å². The van der Waals surface area contributed by atoms with Crippen molar-refractivity contribution in [3.63, 3.8) is 0 Å². The van der Waals surface area contributed by atoms with Crippen LogP contribution in [0.15, 0.2) is 30.5 Å². The van der Waals surface area contributed by atoms with Crippen LogP contribution in [-0.2, 0) is 11.1 Å². The average molecular weight is 253 g/mol. The second-order valence-electron chi connectivity index (χ2n) is 3.90. The minimum Gasteiger partial charge on any atom is -0.390 e. The third kappa shape index (κ3) is 2.52. The van der Waals surface area contributed by atoms with Gasteiger partial charge in [0.05, 0.1) is 0 Å². The SMILES string of the molecule is CP(=O)(O)c1c[n+](CCO)nc2ccccc12. The van der Waals surface area contributed by atoms with Crippen LogP contribution in [0, 0.1) is 0 Å². The van der Waals surface area contributed by atoms with Crippen molar-refractivity contribution < 1.29 is 19.2 Å².